The largest absolute Gasteiger partial charge is 0.495 e. The zero-order chi connectivity index (χ0) is 17.8. The summed E-state index contributed by atoms with van der Waals surface area (Å²) in [7, 11) is 1.65. The number of anilines is 1. The number of carbonyl (C=O) groups is 2. The van der Waals surface area contributed by atoms with Crippen LogP contribution in [0.2, 0.25) is 0 Å². The van der Waals surface area contributed by atoms with Crippen molar-refractivity contribution < 1.29 is 19.4 Å². The molecule has 1 saturated heterocycles. The second-order valence-electron chi connectivity index (χ2n) is 6.48. The fraction of sp³-hybridized carbons (Fsp3) is 0.474. The van der Waals surface area contributed by atoms with Crippen molar-refractivity contribution in [3.63, 3.8) is 0 Å². The standard InChI is InChI=1S/C19H24N2O4/c1-25-17-9-5-4-8-16(17)20-10-12-21(13-11-20)18(22)14-6-2-3-7-15(14)19(23)24/h2-5,8-9,14-15H,6-7,10-13H2,1H3,(H,23,24)/t14-,15-/m0/s1. The van der Waals surface area contributed by atoms with Crippen molar-refractivity contribution in [2.75, 3.05) is 38.2 Å². The number of carbonyl (C=O) groups excluding carboxylic acids is 1. The Morgan fingerprint density at radius 3 is 2.32 bits per heavy atom. The molecule has 25 heavy (non-hydrogen) atoms. The van der Waals surface area contributed by atoms with Crippen LogP contribution in [0.4, 0.5) is 5.69 Å². The zero-order valence-electron chi connectivity index (χ0n) is 14.4. The van der Waals surface area contributed by atoms with Gasteiger partial charge in [0.25, 0.3) is 0 Å². The minimum absolute atomic E-state index is 0.0311. The van der Waals surface area contributed by atoms with E-state index >= 15 is 0 Å². The number of hydrogen-bond donors (Lipinski definition) is 1. The van der Waals surface area contributed by atoms with Crippen molar-refractivity contribution in [2.45, 2.75) is 12.8 Å². The van der Waals surface area contributed by atoms with Gasteiger partial charge in [-0.3, -0.25) is 9.59 Å². The van der Waals surface area contributed by atoms with Gasteiger partial charge in [0.05, 0.1) is 24.6 Å². The lowest BCUT2D eigenvalue weighted by Crippen LogP contribution is -2.52. The third kappa shape index (κ3) is 3.62. The van der Waals surface area contributed by atoms with Crippen LogP contribution in [0.5, 0.6) is 5.75 Å². The number of methoxy groups -OCH3 is 1. The van der Waals surface area contributed by atoms with Gasteiger partial charge in [0.2, 0.25) is 5.91 Å². The van der Waals surface area contributed by atoms with Gasteiger partial charge >= 0.3 is 5.97 Å². The van der Waals surface area contributed by atoms with E-state index in [1.165, 1.54) is 0 Å². The Morgan fingerprint density at radius 2 is 1.68 bits per heavy atom. The average molecular weight is 344 g/mol. The van der Waals surface area contributed by atoms with E-state index in [0.717, 1.165) is 11.4 Å². The van der Waals surface area contributed by atoms with E-state index in [4.69, 9.17) is 4.74 Å². The van der Waals surface area contributed by atoms with Crippen LogP contribution >= 0.6 is 0 Å². The van der Waals surface area contributed by atoms with Crippen LogP contribution in [0.15, 0.2) is 36.4 Å². The van der Waals surface area contributed by atoms with Crippen molar-refractivity contribution in [3.05, 3.63) is 36.4 Å². The minimum atomic E-state index is -0.879. The maximum atomic E-state index is 12.8. The van der Waals surface area contributed by atoms with Gasteiger partial charge in [0.1, 0.15) is 5.75 Å². The lowest BCUT2D eigenvalue weighted by Gasteiger charge is -2.39. The Morgan fingerprint density at radius 1 is 1.04 bits per heavy atom. The molecular weight excluding hydrogens is 320 g/mol. The molecule has 0 radical (unpaired) electrons. The number of rotatable bonds is 4. The summed E-state index contributed by atoms with van der Waals surface area (Å²) in [6.07, 6.45) is 4.74. The van der Waals surface area contributed by atoms with Crippen LogP contribution in [0, 0.1) is 11.8 Å². The topological polar surface area (TPSA) is 70.1 Å². The summed E-state index contributed by atoms with van der Waals surface area (Å²) in [4.78, 5) is 28.3. The second kappa shape index (κ2) is 7.59. The van der Waals surface area contributed by atoms with Crippen LogP contribution in [0.1, 0.15) is 12.8 Å². The predicted octanol–water partition coefficient (Wildman–Crippen LogP) is 2.01. The normalized spacial score (nSPS) is 23.4. The summed E-state index contributed by atoms with van der Waals surface area (Å²) in [6.45, 7) is 2.63. The highest BCUT2D eigenvalue weighted by atomic mass is 16.5. The monoisotopic (exact) mass is 344 g/mol. The van der Waals surface area contributed by atoms with Crippen LogP contribution in [-0.4, -0.2) is 55.2 Å². The number of nitrogens with zero attached hydrogens (tertiary/aromatic N) is 2. The molecule has 2 aliphatic rings. The number of hydrogen-bond acceptors (Lipinski definition) is 4. The minimum Gasteiger partial charge on any atom is -0.495 e. The maximum Gasteiger partial charge on any atom is 0.307 e. The molecule has 1 aromatic rings. The van der Waals surface area contributed by atoms with Crippen molar-refractivity contribution in [1.29, 1.82) is 0 Å². The first-order chi connectivity index (χ1) is 12.1. The number of amides is 1. The number of carboxylic acids is 1. The zero-order valence-corrected chi connectivity index (χ0v) is 14.4. The molecule has 1 amide bonds. The van der Waals surface area contributed by atoms with E-state index in [-0.39, 0.29) is 5.91 Å². The molecule has 1 N–H and O–H groups in total. The third-order valence-electron chi connectivity index (χ3n) is 5.08. The Kier molecular flexibility index (Phi) is 5.26. The molecule has 6 nitrogen and oxygen atoms in total. The number of ether oxygens (including phenoxy) is 1. The number of allylic oxidation sites excluding steroid dienone is 2. The SMILES string of the molecule is COc1ccccc1N1CCN(C(=O)[C@H]2CC=CC[C@@H]2C(=O)O)CC1. The molecule has 1 heterocycles. The van der Waals surface area contributed by atoms with E-state index in [1.807, 2.05) is 41.3 Å². The number of carboxylic acid groups (broad SMARTS) is 1. The maximum absolute atomic E-state index is 12.8. The molecule has 0 aromatic heterocycles. The van der Waals surface area contributed by atoms with E-state index in [0.29, 0.717) is 39.0 Å². The molecule has 1 aliphatic carbocycles. The Hall–Kier alpha value is -2.50. The van der Waals surface area contributed by atoms with E-state index < -0.39 is 17.8 Å². The fourth-order valence-corrected chi connectivity index (χ4v) is 3.65. The number of benzene rings is 1. The summed E-state index contributed by atoms with van der Waals surface area (Å²) in [5.74, 6) is -1.14. The lowest BCUT2D eigenvalue weighted by atomic mass is 9.82. The third-order valence-corrected chi connectivity index (χ3v) is 5.08. The molecule has 1 aromatic carbocycles. The molecule has 134 valence electrons. The van der Waals surface area contributed by atoms with Gasteiger partial charge in [-0.05, 0) is 25.0 Å². The highest BCUT2D eigenvalue weighted by Gasteiger charge is 2.37. The highest BCUT2D eigenvalue weighted by Crippen LogP contribution is 2.30. The van der Waals surface area contributed by atoms with E-state index in [1.54, 1.807) is 7.11 Å². The highest BCUT2D eigenvalue weighted by molar-refractivity contribution is 5.85. The van der Waals surface area contributed by atoms with Crippen molar-refractivity contribution in [3.8, 4) is 5.75 Å². The van der Waals surface area contributed by atoms with Crippen LogP contribution in [0.25, 0.3) is 0 Å². The van der Waals surface area contributed by atoms with Crippen molar-refractivity contribution >= 4 is 17.6 Å². The van der Waals surface area contributed by atoms with Gasteiger partial charge in [-0.2, -0.15) is 0 Å². The number of aliphatic carboxylic acids is 1. The molecular formula is C19H24N2O4. The second-order valence-corrected chi connectivity index (χ2v) is 6.48. The molecule has 3 rings (SSSR count). The molecule has 0 bridgehead atoms. The van der Waals surface area contributed by atoms with Crippen molar-refractivity contribution in [2.24, 2.45) is 11.8 Å². The molecule has 0 saturated carbocycles. The van der Waals surface area contributed by atoms with Gasteiger partial charge in [-0.15, -0.1) is 0 Å². The molecule has 1 fully saturated rings. The fourth-order valence-electron chi connectivity index (χ4n) is 3.65. The number of para-hydroxylation sites is 2. The first-order valence-corrected chi connectivity index (χ1v) is 8.66. The van der Waals surface area contributed by atoms with Gasteiger partial charge < -0.3 is 19.6 Å². The first kappa shape index (κ1) is 17.3. The van der Waals surface area contributed by atoms with Crippen molar-refractivity contribution in [1.82, 2.24) is 4.90 Å². The number of piperazine rings is 1. The lowest BCUT2D eigenvalue weighted by molar-refractivity contribution is -0.150. The van der Waals surface area contributed by atoms with Crippen LogP contribution < -0.4 is 9.64 Å². The molecule has 2 atom stereocenters. The molecule has 1 aliphatic heterocycles. The summed E-state index contributed by atoms with van der Waals surface area (Å²) in [5.41, 5.74) is 1.03. The van der Waals surface area contributed by atoms with Gasteiger partial charge in [0.15, 0.2) is 0 Å². The smallest absolute Gasteiger partial charge is 0.307 e. The predicted molar refractivity (Wildman–Crippen MR) is 94.8 cm³/mol. The Labute approximate surface area is 147 Å². The summed E-state index contributed by atoms with van der Waals surface area (Å²) < 4.78 is 5.41. The average Bonchev–Trinajstić information content (AvgIpc) is 2.67. The van der Waals surface area contributed by atoms with E-state index in [9.17, 15) is 14.7 Å². The summed E-state index contributed by atoms with van der Waals surface area (Å²) in [5, 5.41) is 9.38. The molecule has 0 unspecified atom stereocenters. The summed E-state index contributed by atoms with van der Waals surface area (Å²) >= 11 is 0. The Balaban J connectivity index is 1.64. The Bertz CT molecular complexity index is 665. The molecule has 0 spiro atoms. The van der Waals surface area contributed by atoms with E-state index in [2.05, 4.69) is 4.90 Å². The van der Waals surface area contributed by atoms with Gasteiger partial charge in [-0.25, -0.2) is 0 Å². The molecule has 6 heteroatoms. The first-order valence-electron chi connectivity index (χ1n) is 8.66. The van der Waals surface area contributed by atoms with Gasteiger partial charge in [-0.1, -0.05) is 24.3 Å². The summed E-state index contributed by atoms with van der Waals surface area (Å²) in [6, 6.07) is 7.85. The quantitative estimate of drug-likeness (QED) is 0.846. The van der Waals surface area contributed by atoms with Crippen LogP contribution in [0.3, 0.4) is 0 Å². The van der Waals surface area contributed by atoms with Gasteiger partial charge in [0, 0.05) is 26.2 Å². The van der Waals surface area contributed by atoms with Crippen LogP contribution in [-0.2, 0) is 9.59 Å².